The van der Waals surface area contributed by atoms with E-state index in [1.165, 1.54) is 7.11 Å². The highest BCUT2D eigenvalue weighted by Gasteiger charge is 2.18. The van der Waals surface area contributed by atoms with Crippen molar-refractivity contribution in [1.29, 1.82) is 0 Å². The van der Waals surface area contributed by atoms with Crippen molar-refractivity contribution in [2.45, 2.75) is 13.3 Å². The third kappa shape index (κ3) is 3.80. The molecule has 1 rings (SSSR count). The Morgan fingerprint density at radius 1 is 1.50 bits per heavy atom. The maximum atomic E-state index is 12.2. The van der Waals surface area contributed by atoms with E-state index in [-0.39, 0.29) is 18.3 Å². The number of hydrogen-bond acceptors (Lipinski definition) is 4. The predicted octanol–water partition coefficient (Wildman–Crippen LogP) is 1.87. The third-order valence-corrected chi connectivity index (χ3v) is 3.08. The highest BCUT2D eigenvalue weighted by Crippen LogP contribution is 2.15. The lowest BCUT2D eigenvalue weighted by atomic mass is 10.3. The molecule has 0 aliphatic rings. The van der Waals surface area contributed by atoms with Crippen LogP contribution in [0, 0.1) is 0 Å². The molecule has 0 N–H and O–H groups in total. The number of halogens is 1. The summed E-state index contributed by atoms with van der Waals surface area (Å²) < 4.78 is 5.20. The Kier molecular flexibility index (Phi) is 5.77. The molecule has 0 saturated carbocycles. The van der Waals surface area contributed by atoms with E-state index >= 15 is 0 Å². The smallest absolute Gasteiger partial charge is 0.307 e. The quantitative estimate of drug-likeness (QED) is 0.778. The van der Waals surface area contributed by atoms with Gasteiger partial charge >= 0.3 is 5.97 Å². The summed E-state index contributed by atoms with van der Waals surface area (Å²) in [6.45, 7) is 2.69. The van der Waals surface area contributed by atoms with Gasteiger partial charge in [-0.3, -0.25) is 9.59 Å². The van der Waals surface area contributed by atoms with Crippen LogP contribution in [0.15, 0.2) is 22.8 Å². The molecule has 1 amide bonds. The number of nitrogens with zero attached hydrogens (tertiary/aromatic N) is 2. The van der Waals surface area contributed by atoms with Gasteiger partial charge in [0.15, 0.2) is 0 Å². The summed E-state index contributed by atoms with van der Waals surface area (Å²) in [6.07, 6.45) is 1.74. The van der Waals surface area contributed by atoms with E-state index < -0.39 is 0 Å². The van der Waals surface area contributed by atoms with Gasteiger partial charge in [-0.2, -0.15) is 0 Å². The molecule has 0 atom stereocenters. The van der Waals surface area contributed by atoms with Crippen molar-refractivity contribution in [1.82, 2.24) is 9.88 Å². The van der Waals surface area contributed by atoms with Gasteiger partial charge in [-0.15, -0.1) is 0 Å². The van der Waals surface area contributed by atoms with E-state index in [1.54, 1.807) is 23.2 Å². The Bertz CT molecular complexity index is 437. The Morgan fingerprint density at radius 2 is 2.22 bits per heavy atom. The van der Waals surface area contributed by atoms with E-state index in [2.05, 4.69) is 25.7 Å². The van der Waals surface area contributed by atoms with E-state index in [9.17, 15) is 9.59 Å². The van der Waals surface area contributed by atoms with Gasteiger partial charge in [-0.1, -0.05) is 0 Å². The summed E-state index contributed by atoms with van der Waals surface area (Å²) in [6, 6.07) is 3.50. The minimum absolute atomic E-state index is 0.181. The Hall–Kier alpha value is -1.43. The molecule has 0 unspecified atom stereocenters. The number of carbonyl (C=O) groups is 2. The number of ether oxygens (including phenoxy) is 1. The van der Waals surface area contributed by atoms with E-state index in [1.807, 2.05) is 6.92 Å². The average molecular weight is 315 g/mol. The summed E-state index contributed by atoms with van der Waals surface area (Å²) in [5.74, 6) is -0.532. The number of aromatic nitrogens is 1. The molecule has 0 fully saturated rings. The topological polar surface area (TPSA) is 59.5 Å². The first-order chi connectivity index (χ1) is 8.60. The molecule has 6 heteroatoms. The fourth-order valence-corrected chi connectivity index (χ4v) is 1.85. The number of methoxy groups -OCH3 is 1. The summed E-state index contributed by atoms with van der Waals surface area (Å²) in [7, 11) is 1.33. The van der Waals surface area contributed by atoms with Crippen LogP contribution in [0.25, 0.3) is 0 Å². The summed E-state index contributed by atoms with van der Waals surface area (Å²) in [5, 5.41) is 0. The number of esters is 1. The van der Waals surface area contributed by atoms with Crippen molar-refractivity contribution < 1.29 is 14.3 Å². The van der Waals surface area contributed by atoms with Crippen molar-refractivity contribution in [2.24, 2.45) is 0 Å². The number of hydrogen-bond donors (Lipinski definition) is 0. The number of carbonyl (C=O) groups excluding carboxylic acids is 2. The van der Waals surface area contributed by atoms with Crippen molar-refractivity contribution in [3.8, 4) is 0 Å². The lowest BCUT2D eigenvalue weighted by Crippen LogP contribution is -2.33. The SMILES string of the molecule is CCN(CCC(=O)OC)C(=O)c1ncccc1Br. The zero-order valence-electron chi connectivity index (χ0n) is 10.4. The van der Waals surface area contributed by atoms with Crippen molar-refractivity contribution in [3.05, 3.63) is 28.5 Å². The molecule has 0 bridgehead atoms. The second kappa shape index (κ2) is 7.10. The van der Waals surface area contributed by atoms with Gasteiger partial charge in [-0.25, -0.2) is 4.98 Å². The molecule has 0 saturated heterocycles. The largest absolute Gasteiger partial charge is 0.469 e. The molecule has 0 aliphatic carbocycles. The van der Waals surface area contributed by atoms with Gasteiger partial charge in [0.05, 0.1) is 13.5 Å². The van der Waals surface area contributed by atoms with E-state index in [0.29, 0.717) is 23.3 Å². The average Bonchev–Trinajstić information content (AvgIpc) is 2.39. The van der Waals surface area contributed by atoms with Gasteiger partial charge in [-0.05, 0) is 35.0 Å². The highest BCUT2D eigenvalue weighted by molar-refractivity contribution is 9.10. The third-order valence-electron chi connectivity index (χ3n) is 2.44. The Balaban J connectivity index is 2.74. The fraction of sp³-hybridized carbons (Fsp3) is 0.417. The zero-order valence-corrected chi connectivity index (χ0v) is 11.9. The van der Waals surface area contributed by atoms with Gasteiger partial charge in [0, 0.05) is 23.8 Å². The zero-order chi connectivity index (χ0) is 13.5. The molecule has 0 aromatic carbocycles. The molecular formula is C12H15BrN2O3. The lowest BCUT2D eigenvalue weighted by Gasteiger charge is -2.20. The molecule has 0 spiro atoms. The van der Waals surface area contributed by atoms with Crippen LogP contribution in [0.3, 0.4) is 0 Å². The fourth-order valence-electron chi connectivity index (χ4n) is 1.42. The predicted molar refractivity (Wildman–Crippen MR) is 70.1 cm³/mol. The van der Waals surface area contributed by atoms with E-state index in [4.69, 9.17) is 0 Å². The number of amides is 1. The number of rotatable bonds is 5. The van der Waals surface area contributed by atoms with Gasteiger partial charge < -0.3 is 9.64 Å². The van der Waals surface area contributed by atoms with Crippen LogP contribution in [0.1, 0.15) is 23.8 Å². The standard InChI is InChI=1S/C12H15BrN2O3/c1-3-15(8-6-10(16)18-2)12(17)11-9(13)5-4-7-14-11/h4-5,7H,3,6,8H2,1-2H3. The molecular weight excluding hydrogens is 300 g/mol. The van der Waals surface area contributed by atoms with Gasteiger partial charge in [0.2, 0.25) is 0 Å². The lowest BCUT2D eigenvalue weighted by molar-refractivity contribution is -0.140. The van der Waals surface area contributed by atoms with Crippen LogP contribution in [0.4, 0.5) is 0 Å². The molecule has 0 aliphatic heterocycles. The van der Waals surface area contributed by atoms with Crippen molar-refractivity contribution in [3.63, 3.8) is 0 Å². The minimum Gasteiger partial charge on any atom is -0.469 e. The Morgan fingerprint density at radius 3 is 2.78 bits per heavy atom. The maximum Gasteiger partial charge on any atom is 0.307 e. The second-order valence-electron chi connectivity index (χ2n) is 3.54. The molecule has 1 aromatic heterocycles. The Labute approximate surface area is 114 Å². The van der Waals surface area contributed by atoms with Gasteiger partial charge in [0.25, 0.3) is 5.91 Å². The maximum absolute atomic E-state index is 12.2. The van der Waals surface area contributed by atoms with Crippen LogP contribution >= 0.6 is 15.9 Å². The van der Waals surface area contributed by atoms with Crippen LogP contribution < -0.4 is 0 Å². The summed E-state index contributed by atoms with van der Waals surface area (Å²) in [5.41, 5.74) is 0.351. The van der Waals surface area contributed by atoms with Crippen LogP contribution in [-0.4, -0.2) is 42.0 Å². The highest BCUT2D eigenvalue weighted by atomic mass is 79.9. The molecule has 98 valence electrons. The second-order valence-corrected chi connectivity index (χ2v) is 4.40. The molecule has 1 heterocycles. The summed E-state index contributed by atoms with van der Waals surface area (Å²) >= 11 is 3.29. The molecule has 5 nitrogen and oxygen atoms in total. The van der Waals surface area contributed by atoms with Crippen molar-refractivity contribution in [2.75, 3.05) is 20.2 Å². The minimum atomic E-state index is -0.332. The summed E-state index contributed by atoms with van der Waals surface area (Å²) in [4.78, 5) is 28.9. The normalized spacial score (nSPS) is 9.94. The first kappa shape index (κ1) is 14.6. The molecule has 0 radical (unpaired) electrons. The first-order valence-corrected chi connectivity index (χ1v) is 6.36. The number of pyridine rings is 1. The van der Waals surface area contributed by atoms with Crippen LogP contribution in [-0.2, 0) is 9.53 Å². The van der Waals surface area contributed by atoms with E-state index in [0.717, 1.165) is 0 Å². The molecule has 1 aromatic rings. The monoisotopic (exact) mass is 314 g/mol. The first-order valence-electron chi connectivity index (χ1n) is 5.56. The molecule has 18 heavy (non-hydrogen) atoms. The van der Waals surface area contributed by atoms with Crippen LogP contribution in [0.5, 0.6) is 0 Å². The van der Waals surface area contributed by atoms with Crippen LogP contribution in [0.2, 0.25) is 0 Å². The van der Waals surface area contributed by atoms with Gasteiger partial charge in [0.1, 0.15) is 5.69 Å². The van der Waals surface area contributed by atoms with Crippen molar-refractivity contribution >= 4 is 27.8 Å².